The van der Waals surface area contributed by atoms with Gasteiger partial charge in [-0.25, -0.2) is 8.42 Å². The average Bonchev–Trinajstić information content (AvgIpc) is 2.53. The van der Waals surface area contributed by atoms with Gasteiger partial charge in [-0.2, -0.15) is 0 Å². The molecule has 0 bridgehead atoms. The quantitative estimate of drug-likeness (QED) is 0.728. The molecular formula is C17H18O5S. The molecular weight excluding hydrogens is 316 g/mol. The van der Waals surface area contributed by atoms with Crippen molar-refractivity contribution >= 4 is 15.6 Å². The Morgan fingerprint density at radius 2 is 1.43 bits per heavy atom. The molecule has 0 aromatic heterocycles. The summed E-state index contributed by atoms with van der Waals surface area (Å²) in [6, 6.07) is 12.8. The van der Waals surface area contributed by atoms with Gasteiger partial charge in [0.25, 0.3) is 0 Å². The van der Waals surface area contributed by atoms with Gasteiger partial charge in [0.1, 0.15) is 11.5 Å². The van der Waals surface area contributed by atoms with Crippen molar-refractivity contribution in [3.8, 4) is 11.5 Å². The summed E-state index contributed by atoms with van der Waals surface area (Å²) in [5.74, 6) is 0.984. The molecule has 122 valence electrons. The van der Waals surface area contributed by atoms with E-state index in [0.717, 1.165) is 6.26 Å². The van der Waals surface area contributed by atoms with Crippen molar-refractivity contribution in [2.75, 3.05) is 19.5 Å². The number of sulfone groups is 1. The highest BCUT2D eigenvalue weighted by molar-refractivity contribution is 7.90. The predicted molar refractivity (Wildman–Crippen MR) is 87.0 cm³/mol. The lowest BCUT2D eigenvalue weighted by Gasteiger charge is -2.07. The first kappa shape index (κ1) is 17.0. The fourth-order valence-corrected chi connectivity index (χ4v) is 2.55. The van der Waals surface area contributed by atoms with E-state index in [1.807, 2.05) is 6.92 Å². The number of carbonyl (C=O) groups excluding carboxylic acids is 1. The summed E-state index contributed by atoms with van der Waals surface area (Å²) in [7, 11) is -3.24. The van der Waals surface area contributed by atoms with E-state index in [1.165, 1.54) is 24.3 Å². The number of ketones is 1. The minimum atomic E-state index is -3.24. The fraction of sp³-hybridized carbons (Fsp3) is 0.235. The van der Waals surface area contributed by atoms with Gasteiger partial charge in [0.2, 0.25) is 0 Å². The first-order chi connectivity index (χ1) is 10.9. The molecule has 0 spiro atoms. The maximum atomic E-state index is 12.1. The molecule has 0 aliphatic rings. The van der Waals surface area contributed by atoms with Crippen molar-refractivity contribution in [2.24, 2.45) is 0 Å². The number of carbonyl (C=O) groups is 1. The van der Waals surface area contributed by atoms with Crippen LogP contribution < -0.4 is 9.47 Å². The van der Waals surface area contributed by atoms with Crippen LogP contribution in [0.3, 0.4) is 0 Å². The number of benzene rings is 2. The zero-order chi connectivity index (χ0) is 16.9. The second kappa shape index (κ2) is 7.28. The molecule has 0 saturated heterocycles. The van der Waals surface area contributed by atoms with E-state index in [0.29, 0.717) is 23.7 Å². The molecule has 0 saturated carbocycles. The third-order valence-corrected chi connectivity index (χ3v) is 4.24. The smallest absolute Gasteiger partial charge is 0.200 e. The first-order valence-corrected chi connectivity index (χ1v) is 8.98. The van der Waals surface area contributed by atoms with Crippen molar-refractivity contribution in [2.45, 2.75) is 11.8 Å². The van der Waals surface area contributed by atoms with Gasteiger partial charge in [-0.05, 0) is 55.5 Å². The number of Topliss-reactive ketones (excluding diaryl/α,β-unsaturated/α-hetero) is 1. The molecule has 2 rings (SSSR count). The number of hydrogen-bond acceptors (Lipinski definition) is 5. The molecule has 2 aromatic rings. The maximum absolute atomic E-state index is 12.1. The van der Waals surface area contributed by atoms with Crippen LogP contribution in [-0.2, 0) is 9.84 Å². The van der Waals surface area contributed by atoms with Gasteiger partial charge >= 0.3 is 0 Å². The molecule has 0 radical (unpaired) electrons. The summed E-state index contributed by atoms with van der Waals surface area (Å²) in [5.41, 5.74) is 0.529. The van der Waals surface area contributed by atoms with Crippen LogP contribution in [0, 0.1) is 0 Å². The summed E-state index contributed by atoms with van der Waals surface area (Å²) >= 11 is 0. The number of hydrogen-bond donors (Lipinski definition) is 0. The lowest BCUT2D eigenvalue weighted by atomic mass is 10.1. The molecule has 0 unspecified atom stereocenters. The molecule has 2 aromatic carbocycles. The van der Waals surface area contributed by atoms with Crippen LogP contribution in [-0.4, -0.2) is 33.7 Å². The molecule has 0 aliphatic carbocycles. The monoisotopic (exact) mass is 334 g/mol. The molecule has 0 heterocycles. The van der Waals surface area contributed by atoms with Crippen molar-refractivity contribution in [3.05, 3.63) is 54.1 Å². The molecule has 6 heteroatoms. The summed E-state index contributed by atoms with van der Waals surface area (Å²) in [5, 5.41) is 0. The van der Waals surface area contributed by atoms with Crippen molar-refractivity contribution in [1.82, 2.24) is 0 Å². The van der Waals surface area contributed by atoms with E-state index in [2.05, 4.69) is 0 Å². The first-order valence-electron chi connectivity index (χ1n) is 7.09. The molecule has 0 N–H and O–H groups in total. The van der Waals surface area contributed by atoms with E-state index in [-0.39, 0.29) is 17.3 Å². The van der Waals surface area contributed by atoms with Crippen LogP contribution in [0.25, 0.3) is 0 Å². The molecule has 0 fully saturated rings. The van der Waals surface area contributed by atoms with Gasteiger partial charge in [-0.15, -0.1) is 0 Å². The van der Waals surface area contributed by atoms with Gasteiger partial charge in [0, 0.05) is 11.8 Å². The normalized spacial score (nSPS) is 11.0. The zero-order valence-electron chi connectivity index (χ0n) is 13.0. The average molecular weight is 334 g/mol. The highest BCUT2D eigenvalue weighted by Crippen LogP contribution is 2.17. The minimum absolute atomic E-state index is 0.119. The van der Waals surface area contributed by atoms with Crippen LogP contribution in [0.4, 0.5) is 0 Å². The van der Waals surface area contributed by atoms with E-state index in [1.54, 1.807) is 24.3 Å². The van der Waals surface area contributed by atoms with Crippen LogP contribution in [0.15, 0.2) is 53.4 Å². The van der Waals surface area contributed by atoms with E-state index in [9.17, 15) is 13.2 Å². The SMILES string of the molecule is CCOc1ccc(C(=O)COc2ccc(S(C)(=O)=O)cc2)cc1. The third-order valence-electron chi connectivity index (χ3n) is 3.11. The Morgan fingerprint density at radius 3 is 1.96 bits per heavy atom. The Labute approximate surface area is 135 Å². The maximum Gasteiger partial charge on any atom is 0.200 e. The fourth-order valence-electron chi connectivity index (χ4n) is 1.92. The Morgan fingerprint density at radius 1 is 0.913 bits per heavy atom. The Balaban J connectivity index is 1.96. The highest BCUT2D eigenvalue weighted by atomic mass is 32.2. The molecule has 0 amide bonds. The van der Waals surface area contributed by atoms with Gasteiger partial charge in [0.05, 0.1) is 11.5 Å². The molecule has 5 nitrogen and oxygen atoms in total. The summed E-state index contributed by atoms with van der Waals surface area (Å²) in [4.78, 5) is 12.3. The lowest BCUT2D eigenvalue weighted by Crippen LogP contribution is -2.11. The Kier molecular flexibility index (Phi) is 5.39. The summed E-state index contributed by atoms with van der Waals surface area (Å²) in [6.45, 7) is 2.34. The zero-order valence-corrected chi connectivity index (χ0v) is 13.8. The van der Waals surface area contributed by atoms with E-state index in [4.69, 9.17) is 9.47 Å². The lowest BCUT2D eigenvalue weighted by molar-refractivity contribution is 0.0921. The topological polar surface area (TPSA) is 69.7 Å². The minimum Gasteiger partial charge on any atom is -0.494 e. The predicted octanol–water partition coefficient (Wildman–Crippen LogP) is 2.75. The number of ether oxygens (including phenoxy) is 2. The highest BCUT2D eigenvalue weighted by Gasteiger charge is 2.09. The van der Waals surface area contributed by atoms with Crippen LogP contribution >= 0.6 is 0 Å². The second-order valence-electron chi connectivity index (χ2n) is 4.91. The second-order valence-corrected chi connectivity index (χ2v) is 6.93. The Hall–Kier alpha value is -2.34. The number of rotatable bonds is 7. The van der Waals surface area contributed by atoms with E-state index >= 15 is 0 Å². The van der Waals surface area contributed by atoms with Crippen LogP contribution in [0.5, 0.6) is 11.5 Å². The summed E-state index contributed by atoms with van der Waals surface area (Å²) in [6.07, 6.45) is 1.14. The van der Waals surface area contributed by atoms with Crippen LogP contribution in [0.1, 0.15) is 17.3 Å². The molecule has 23 heavy (non-hydrogen) atoms. The summed E-state index contributed by atoms with van der Waals surface area (Å²) < 4.78 is 33.4. The van der Waals surface area contributed by atoms with Gasteiger partial charge < -0.3 is 9.47 Å². The van der Waals surface area contributed by atoms with Gasteiger partial charge in [-0.1, -0.05) is 0 Å². The Bertz CT molecular complexity index is 762. The molecule has 0 aliphatic heterocycles. The van der Waals surface area contributed by atoms with Gasteiger partial charge in [-0.3, -0.25) is 4.79 Å². The molecule has 0 atom stereocenters. The largest absolute Gasteiger partial charge is 0.494 e. The standard InChI is InChI=1S/C17H18O5S/c1-3-21-14-6-4-13(5-7-14)17(18)12-22-15-8-10-16(11-9-15)23(2,19)20/h4-11H,3,12H2,1-2H3. The van der Waals surface area contributed by atoms with Crippen LogP contribution in [0.2, 0.25) is 0 Å². The van der Waals surface area contributed by atoms with Crippen molar-refractivity contribution in [1.29, 1.82) is 0 Å². The third kappa shape index (κ3) is 4.82. The van der Waals surface area contributed by atoms with Gasteiger partial charge in [0.15, 0.2) is 22.2 Å². The van der Waals surface area contributed by atoms with Crippen molar-refractivity contribution in [3.63, 3.8) is 0 Å². The van der Waals surface area contributed by atoms with E-state index < -0.39 is 9.84 Å². The van der Waals surface area contributed by atoms with Crippen molar-refractivity contribution < 1.29 is 22.7 Å².